The van der Waals surface area contributed by atoms with Crippen LogP contribution in [-0.2, 0) is 4.79 Å². The summed E-state index contributed by atoms with van der Waals surface area (Å²) in [4.78, 5) is 18.6. The Labute approximate surface area is 180 Å². The van der Waals surface area contributed by atoms with Crippen LogP contribution in [0, 0.1) is 0 Å². The number of amides is 1. The van der Waals surface area contributed by atoms with Gasteiger partial charge >= 0.3 is 0 Å². The molecule has 1 aliphatic rings. The third-order valence-electron chi connectivity index (χ3n) is 4.68. The van der Waals surface area contributed by atoms with Crippen LogP contribution in [0.15, 0.2) is 80.9 Å². The van der Waals surface area contributed by atoms with Gasteiger partial charge in [0.1, 0.15) is 11.8 Å². The molecule has 1 N–H and O–H groups in total. The van der Waals surface area contributed by atoms with Crippen LogP contribution >= 0.6 is 23.1 Å². The van der Waals surface area contributed by atoms with Gasteiger partial charge in [0.25, 0.3) is 5.91 Å². The molecule has 4 aromatic rings. The van der Waals surface area contributed by atoms with Crippen LogP contribution in [0.1, 0.15) is 23.1 Å². The Kier molecular flexibility index (Phi) is 5.20. The Balaban J connectivity index is 1.31. The van der Waals surface area contributed by atoms with Crippen molar-refractivity contribution in [3.05, 3.63) is 76.9 Å². The Morgan fingerprint density at radius 2 is 2.10 bits per heavy atom. The standard InChI is InChI=1S/C21H17N5O2S2/c27-19(13-30-21-22-20(23-24-21)14-6-2-1-3-7-14)26-16(17-8-4-10-28-17)12-15(25-26)18-9-5-11-29-18/h1-11,16H,12-13H2,(H,22,23,24)/t16-/m0/s1. The lowest BCUT2D eigenvalue weighted by Gasteiger charge is -2.19. The molecule has 0 unspecified atom stereocenters. The molecule has 0 bridgehead atoms. The topological polar surface area (TPSA) is 87.4 Å². The van der Waals surface area contributed by atoms with Gasteiger partial charge in [-0.1, -0.05) is 48.2 Å². The average Bonchev–Trinajstić information content (AvgIpc) is 3.57. The van der Waals surface area contributed by atoms with E-state index in [1.807, 2.05) is 60.0 Å². The summed E-state index contributed by atoms with van der Waals surface area (Å²) in [6.45, 7) is 0. The number of hydrogen-bond acceptors (Lipinski definition) is 7. The average molecular weight is 436 g/mol. The Morgan fingerprint density at radius 3 is 2.87 bits per heavy atom. The highest BCUT2D eigenvalue weighted by atomic mass is 32.2. The van der Waals surface area contributed by atoms with Crippen LogP contribution in [0.3, 0.4) is 0 Å². The summed E-state index contributed by atoms with van der Waals surface area (Å²) in [6.07, 6.45) is 2.25. The number of rotatable bonds is 6. The smallest absolute Gasteiger partial charge is 0.253 e. The quantitative estimate of drug-likeness (QED) is 0.447. The minimum Gasteiger partial charge on any atom is -0.467 e. The summed E-state index contributed by atoms with van der Waals surface area (Å²) in [5.74, 6) is 1.48. The van der Waals surface area contributed by atoms with Gasteiger partial charge < -0.3 is 4.42 Å². The Morgan fingerprint density at radius 1 is 1.20 bits per heavy atom. The number of thiophene rings is 1. The van der Waals surface area contributed by atoms with Gasteiger partial charge in [-0.15, -0.1) is 16.4 Å². The fourth-order valence-corrected chi connectivity index (χ4v) is 4.63. The van der Waals surface area contributed by atoms with Crippen molar-refractivity contribution in [2.75, 3.05) is 5.75 Å². The van der Waals surface area contributed by atoms with Gasteiger partial charge in [-0.2, -0.15) is 5.10 Å². The van der Waals surface area contributed by atoms with Crippen LogP contribution in [0.4, 0.5) is 0 Å². The van der Waals surface area contributed by atoms with Gasteiger partial charge in [0.2, 0.25) is 5.16 Å². The maximum absolute atomic E-state index is 13.0. The maximum Gasteiger partial charge on any atom is 0.253 e. The van der Waals surface area contributed by atoms with E-state index in [1.165, 1.54) is 16.8 Å². The minimum atomic E-state index is -0.239. The lowest BCUT2D eigenvalue weighted by molar-refractivity contribution is -0.130. The van der Waals surface area contributed by atoms with Crippen molar-refractivity contribution in [1.29, 1.82) is 0 Å². The molecule has 150 valence electrons. The van der Waals surface area contributed by atoms with E-state index in [2.05, 4.69) is 20.3 Å². The molecule has 9 heteroatoms. The number of nitrogens with zero attached hydrogens (tertiary/aromatic N) is 4. The molecule has 0 saturated heterocycles. The van der Waals surface area contributed by atoms with Gasteiger partial charge in [-0.3, -0.25) is 9.89 Å². The number of aromatic amines is 1. The maximum atomic E-state index is 13.0. The van der Waals surface area contributed by atoms with Crippen LogP contribution in [0.2, 0.25) is 0 Å². The number of carbonyl (C=O) groups is 1. The van der Waals surface area contributed by atoms with Gasteiger partial charge in [0.05, 0.1) is 22.6 Å². The van der Waals surface area contributed by atoms with Crippen molar-refractivity contribution < 1.29 is 9.21 Å². The lowest BCUT2D eigenvalue weighted by Crippen LogP contribution is -2.28. The van der Waals surface area contributed by atoms with Crippen molar-refractivity contribution in [3.63, 3.8) is 0 Å². The molecule has 0 saturated carbocycles. The van der Waals surface area contributed by atoms with E-state index in [0.29, 0.717) is 17.4 Å². The molecule has 3 aromatic heterocycles. The van der Waals surface area contributed by atoms with Crippen LogP contribution in [-0.4, -0.2) is 37.6 Å². The first kappa shape index (κ1) is 18.8. The molecular weight excluding hydrogens is 418 g/mol. The zero-order valence-corrected chi connectivity index (χ0v) is 17.4. The molecule has 0 aliphatic carbocycles. The van der Waals surface area contributed by atoms with Crippen molar-refractivity contribution in [2.24, 2.45) is 5.10 Å². The molecule has 0 radical (unpaired) electrons. The fourth-order valence-electron chi connectivity index (χ4n) is 3.26. The number of aromatic nitrogens is 3. The number of hydrogen-bond donors (Lipinski definition) is 1. The first-order valence-electron chi connectivity index (χ1n) is 9.35. The summed E-state index contributed by atoms with van der Waals surface area (Å²) in [7, 11) is 0. The molecule has 7 nitrogen and oxygen atoms in total. The van der Waals surface area contributed by atoms with Crippen LogP contribution < -0.4 is 0 Å². The monoisotopic (exact) mass is 435 g/mol. The second-order valence-electron chi connectivity index (χ2n) is 6.62. The molecule has 5 rings (SSSR count). The zero-order chi connectivity index (χ0) is 20.3. The van der Waals surface area contributed by atoms with E-state index in [9.17, 15) is 4.79 Å². The van der Waals surface area contributed by atoms with Crippen molar-refractivity contribution >= 4 is 34.7 Å². The zero-order valence-electron chi connectivity index (χ0n) is 15.8. The van der Waals surface area contributed by atoms with Crippen LogP contribution in [0.5, 0.6) is 0 Å². The molecular formula is C21H17N5O2S2. The van der Waals surface area contributed by atoms with Gasteiger partial charge in [0.15, 0.2) is 5.82 Å². The van der Waals surface area contributed by atoms with Crippen molar-refractivity contribution in [2.45, 2.75) is 17.6 Å². The predicted octanol–water partition coefficient (Wildman–Crippen LogP) is 4.60. The first-order valence-corrected chi connectivity index (χ1v) is 11.2. The normalized spacial score (nSPS) is 16.1. The van der Waals surface area contributed by atoms with Crippen molar-refractivity contribution in [1.82, 2.24) is 20.2 Å². The SMILES string of the molecule is O=C(CSc1n[nH]c(-c2ccccc2)n1)N1N=C(c2cccs2)C[C@H]1c1ccco1. The van der Waals surface area contributed by atoms with Gasteiger partial charge in [-0.05, 0) is 23.6 Å². The number of benzene rings is 1. The van der Waals surface area contributed by atoms with E-state index >= 15 is 0 Å². The van der Waals surface area contributed by atoms with Crippen LogP contribution in [0.25, 0.3) is 11.4 Å². The lowest BCUT2D eigenvalue weighted by atomic mass is 10.1. The number of carbonyl (C=O) groups excluding carboxylic acids is 1. The fraction of sp³-hybridized carbons (Fsp3) is 0.143. The number of furan rings is 1. The number of hydrazone groups is 1. The highest BCUT2D eigenvalue weighted by molar-refractivity contribution is 7.99. The van der Waals surface area contributed by atoms with E-state index < -0.39 is 0 Å². The summed E-state index contributed by atoms with van der Waals surface area (Å²) in [5.41, 5.74) is 1.85. The molecule has 30 heavy (non-hydrogen) atoms. The Bertz CT molecular complexity index is 1150. The molecule has 4 heterocycles. The summed E-state index contributed by atoms with van der Waals surface area (Å²) in [6, 6.07) is 17.2. The highest BCUT2D eigenvalue weighted by Crippen LogP contribution is 2.34. The molecule has 1 aliphatic heterocycles. The third kappa shape index (κ3) is 3.81. The second kappa shape index (κ2) is 8.29. The number of thioether (sulfide) groups is 1. The molecule has 1 aromatic carbocycles. The number of nitrogens with one attached hydrogen (secondary N) is 1. The molecule has 1 atom stereocenters. The first-order chi connectivity index (χ1) is 14.8. The highest BCUT2D eigenvalue weighted by Gasteiger charge is 2.35. The van der Waals surface area contributed by atoms with Crippen molar-refractivity contribution in [3.8, 4) is 11.4 Å². The second-order valence-corrected chi connectivity index (χ2v) is 8.51. The summed E-state index contributed by atoms with van der Waals surface area (Å²) in [5, 5.41) is 15.8. The Hall–Kier alpha value is -3.17. The molecule has 0 fully saturated rings. The summed E-state index contributed by atoms with van der Waals surface area (Å²) < 4.78 is 5.58. The van der Waals surface area contributed by atoms with E-state index in [-0.39, 0.29) is 17.7 Å². The van der Waals surface area contributed by atoms with Gasteiger partial charge in [-0.25, -0.2) is 9.99 Å². The minimum absolute atomic E-state index is 0.112. The third-order valence-corrected chi connectivity index (χ3v) is 6.43. The largest absolute Gasteiger partial charge is 0.467 e. The van der Waals surface area contributed by atoms with E-state index in [1.54, 1.807) is 17.6 Å². The molecule has 0 spiro atoms. The van der Waals surface area contributed by atoms with E-state index in [4.69, 9.17) is 4.42 Å². The summed E-state index contributed by atoms with van der Waals surface area (Å²) >= 11 is 2.90. The van der Waals surface area contributed by atoms with E-state index in [0.717, 1.165) is 21.9 Å². The number of H-pyrrole nitrogens is 1. The predicted molar refractivity (Wildman–Crippen MR) is 116 cm³/mol. The van der Waals surface area contributed by atoms with Gasteiger partial charge in [0, 0.05) is 12.0 Å². The molecule has 1 amide bonds.